The number of nitrogens with zero attached hydrogens (tertiary/aromatic N) is 2. The molecule has 0 bridgehead atoms. The van der Waals surface area contributed by atoms with Gasteiger partial charge in [0.15, 0.2) is 0 Å². The van der Waals surface area contributed by atoms with E-state index >= 15 is 0 Å². The summed E-state index contributed by atoms with van der Waals surface area (Å²) in [5.41, 5.74) is 3.41. The lowest BCUT2D eigenvalue weighted by atomic mass is 9.96. The summed E-state index contributed by atoms with van der Waals surface area (Å²) in [6, 6.07) is 18.3. The molecule has 5 nitrogen and oxygen atoms in total. The fraction of sp³-hybridized carbons (Fsp3) is 0.286. The largest absolute Gasteiger partial charge is 0.411 e. The monoisotopic (exact) mass is 379 g/mol. The predicted molar refractivity (Wildman–Crippen MR) is 106 cm³/mol. The molecule has 27 heavy (non-hydrogen) atoms. The average Bonchev–Trinajstić information content (AvgIpc) is 3.36. The maximum absolute atomic E-state index is 12.2. The molecular formula is C21H21N3O2S. The molecule has 1 N–H and O–H groups in total. The standard InChI is InChI=1S/C21H21N3O2S/c1-15-7-5-6-10-17(15)19-23-24-20(26-19)27-13-18(25)22-14-21(11-12-21)16-8-3-2-4-9-16/h2-10H,11-14H2,1H3,(H,22,25). The van der Waals surface area contributed by atoms with Crippen LogP contribution < -0.4 is 5.32 Å². The number of hydrogen-bond donors (Lipinski definition) is 1. The van der Waals surface area contributed by atoms with Gasteiger partial charge in [-0.05, 0) is 37.0 Å². The second kappa shape index (κ2) is 7.56. The molecule has 3 aromatic rings. The SMILES string of the molecule is Cc1ccccc1-c1nnc(SCC(=O)NCC2(c3ccccc3)CC2)o1. The molecule has 0 spiro atoms. The maximum Gasteiger partial charge on any atom is 0.277 e. The molecule has 0 atom stereocenters. The first-order chi connectivity index (χ1) is 13.2. The third-order valence-corrected chi connectivity index (χ3v) is 5.79. The van der Waals surface area contributed by atoms with Crippen LogP contribution in [0, 0.1) is 6.92 Å². The first-order valence-corrected chi connectivity index (χ1v) is 9.99. The van der Waals surface area contributed by atoms with E-state index in [9.17, 15) is 4.79 Å². The lowest BCUT2D eigenvalue weighted by molar-refractivity contribution is -0.118. The highest BCUT2D eigenvalue weighted by atomic mass is 32.2. The number of nitrogens with one attached hydrogen (secondary N) is 1. The summed E-state index contributed by atoms with van der Waals surface area (Å²) >= 11 is 1.26. The van der Waals surface area contributed by atoms with Crippen LogP contribution in [0.15, 0.2) is 64.2 Å². The van der Waals surface area contributed by atoms with Crippen molar-refractivity contribution in [2.45, 2.75) is 30.4 Å². The molecule has 0 radical (unpaired) electrons. The summed E-state index contributed by atoms with van der Waals surface area (Å²) in [6.07, 6.45) is 2.24. The van der Waals surface area contributed by atoms with Gasteiger partial charge in [0.2, 0.25) is 11.8 Å². The van der Waals surface area contributed by atoms with E-state index < -0.39 is 0 Å². The van der Waals surface area contributed by atoms with Crippen molar-refractivity contribution in [1.82, 2.24) is 15.5 Å². The van der Waals surface area contributed by atoms with Crippen molar-refractivity contribution < 1.29 is 9.21 Å². The van der Waals surface area contributed by atoms with Gasteiger partial charge in [-0.3, -0.25) is 4.79 Å². The summed E-state index contributed by atoms with van der Waals surface area (Å²) in [7, 11) is 0. The van der Waals surface area contributed by atoms with E-state index in [0.29, 0.717) is 17.7 Å². The van der Waals surface area contributed by atoms with Crippen LogP contribution in [-0.4, -0.2) is 28.4 Å². The third kappa shape index (κ3) is 4.06. The fourth-order valence-corrected chi connectivity index (χ4v) is 3.74. The topological polar surface area (TPSA) is 68.0 Å². The van der Waals surface area contributed by atoms with Crippen LogP contribution in [0.1, 0.15) is 24.0 Å². The van der Waals surface area contributed by atoms with Crippen molar-refractivity contribution in [3.05, 3.63) is 65.7 Å². The summed E-state index contributed by atoms with van der Waals surface area (Å²) in [5.74, 6) is 0.732. The van der Waals surface area contributed by atoms with Crippen LogP contribution in [0.4, 0.5) is 0 Å². The van der Waals surface area contributed by atoms with E-state index in [2.05, 4.69) is 39.8 Å². The molecule has 1 saturated carbocycles. The zero-order valence-electron chi connectivity index (χ0n) is 15.1. The number of carbonyl (C=O) groups is 1. The number of hydrogen-bond acceptors (Lipinski definition) is 5. The predicted octanol–water partition coefficient (Wildman–Crippen LogP) is 3.99. The second-order valence-corrected chi connectivity index (χ2v) is 7.83. The summed E-state index contributed by atoms with van der Waals surface area (Å²) < 4.78 is 5.69. The van der Waals surface area contributed by atoms with Crippen LogP contribution in [-0.2, 0) is 10.2 Å². The number of aryl methyl sites for hydroxylation is 1. The minimum atomic E-state index is -0.0159. The molecule has 1 aliphatic rings. The summed E-state index contributed by atoms with van der Waals surface area (Å²) in [4.78, 5) is 12.2. The van der Waals surface area contributed by atoms with Gasteiger partial charge in [-0.1, -0.05) is 60.3 Å². The smallest absolute Gasteiger partial charge is 0.277 e. The van der Waals surface area contributed by atoms with Gasteiger partial charge in [-0.15, -0.1) is 10.2 Å². The Labute approximate surface area is 162 Å². The van der Waals surface area contributed by atoms with Gasteiger partial charge in [0.1, 0.15) is 0 Å². The molecule has 4 rings (SSSR count). The first-order valence-electron chi connectivity index (χ1n) is 9.01. The van der Waals surface area contributed by atoms with Gasteiger partial charge in [0.25, 0.3) is 5.22 Å². The van der Waals surface area contributed by atoms with E-state index in [1.165, 1.54) is 17.3 Å². The van der Waals surface area contributed by atoms with Crippen LogP contribution in [0.5, 0.6) is 0 Å². The third-order valence-electron chi connectivity index (χ3n) is 4.97. The number of amides is 1. The molecule has 0 unspecified atom stereocenters. The van der Waals surface area contributed by atoms with Gasteiger partial charge in [0, 0.05) is 17.5 Å². The van der Waals surface area contributed by atoms with Crippen LogP contribution in [0.2, 0.25) is 0 Å². The lowest BCUT2D eigenvalue weighted by Gasteiger charge is -2.16. The zero-order valence-corrected chi connectivity index (χ0v) is 16.0. The highest BCUT2D eigenvalue weighted by Gasteiger charge is 2.44. The summed E-state index contributed by atoms with van der Waals surface area (Å²) in [5, 5.41) is 11.6. The van der Waals surface area contributed by atoms with E-state index in [1.54, 1.807) is 0 Å². The molecule has 1 heterocycles. The average molecular weight is 379 g/mol. The van der Waals surface area contributed by atoms with Gasteiger partial charge in [0.05, 0.1) is 5.75 Å². The Bertz CT molecular complexity index is 935. The Hall–Kier alpha value is -2.60. The van der Waals surface area contributed by atoms with E-state index in [0.717, 1.165) is 24.0 Å². The Morgan fingerprint density at radius 2 is 1.85 bits per heavy atom. The van der Waals surface area contributed by atoms with Crippen molar-refractivity contribution in [3.8, 4) is 11.5 Å². The molecule has 0 aliphatic heterocycles. The molecule has 1 fully saturated rings. The number of benzene rings is 2. The number of aromatic nitrogens is 2. The zero-order chi connectivity index (χ0) is 18.7. The van der Waals surface area contributed by atoms with Crippen LogP contribution in [0.3, 0.4) is 0 Å². The molecule has 138 valence electrons. The Morgan fingerprint density at radius 1 is 1.11 bits per heavy atom. The normalized spacial score (nSPS) is 14.7. The van der Waals surface area contributed by atoms with Gasteiger partial charge in [-0.2, -0.15) is 0 Å². The molecule has 1 aromatic heterocycles. The van der Waals surface area contributed by atoms with Crippen molar-refractivity contribution in [3.63, 3.8) is 0 Å². The minimum Gasteiger partial charge on any atom is -0.411 e. The van der Waals surface area contributed by atoms with Crippen molar-refractivity contribution >= 4 is 17.7 Å². The second-order valence-electron chi connectivity index (χ2n) is 6.90. The Morgan fingerprint density at radius 3 is 2.59 bits per heavy atom. The molecule has 0 saturated heterocycles. The fourth-order valence-electron chi connectivity index (χ4n) is 3.15. The molecule has 2 aromatic carbocycles. The van der Waals surface area contributed by atoms with E-state index in [1.807, 2.05) is 37.3 Å². The van der Waals surface area contributed by atoms with Crippen LogP contribution >= 0.6 is 11.8 Å². The number of carbonyl (C=O) groups excluding carboxylic acids is 1. The van der Waals surface area contributed by atoms with E-state index in [4.69, 9.17) is 4.42 Å². The maximum atomic E-state index is 12.2. The first kappa shape index (κ1) is 17.8. The van der Waals surface area contributed by atoms with Crippen molar-refractivity contribution in [2.24, 2.45) is 0 Å². The molecule has 1 aliphatic carbocycles. The van der Waals surface area contributed by atoms with Gasteiger partial charge < -0.3 is 9.73 Å². The number of thioether (sulfide) groups is 1. The number of rotatable bonds is 7. The quantitative estimate of drug-likeness (QED) is 0.629. The van der Waals surface area contributed by atoms with Crippen LogP contribution in [0.25, 0.3) is 11.5 Å². The summed E-state index contributed by atoms with van der Waals surface area (Å²) in [6.45, 7) is 2.68. The Kier molecular flexibility index (Phi) is 4.99. The minimum absolute atomic E-state index is 0.0159. The van der Waals surface area contributed by atoms with Crippen molar-refractivity contribution in [1.29, 1.82) is 0 Å². The van der Waals surface area contributed by atoms with Crippen molar-refractivity contribution in [2.75, 3.05) is 12.3 Å². The van der Waals surface area contributed by atoms with Gasteiger partial charge >= 0.3 is 0 Å². The molecular weight excluding hydrogens is 358 g/mol. The van der Waals surface area contributed by atoms with Gasteiger partial charge in [-0.25, -0.2) is 0 Å². The lowest BCUT2D eigenvalue weighted by Crippen LogP contribution is -2.33. The van der Waals surface area contributed by atoms with E-state index in [-0.39, 0.29) is 17.1 Å². The highest BCUT2D eigenvalue weighted by Crippen LogP contribution is 2.47. The molecule has 1 amide bonds. The molecule has 6 heteroatoms. The highest BCUT2D eigenvalue weighted by molar-refractivity contribution is 7.99. The Balaban J connectivity index is 1.30.